The lowest BCUT2D eigenvalue weighted by Crippen LogP contribution is -2.25. The number of carboxylic acids is 1. The molecule has 0 aliphatic rings. The molecule has 5 N–H and O–H groups in total. The Morgan fingerprint density at radius 3 is 1.65 bits per heavy atom. The smallest absolute Gasteiger partial charge is 0.469 e. The molecule has 0 aromatic rings. The van der Waals surface area contributed by atoms with E-state index in [1.54, 1.807) is 0 Å². The van der Waals surface area contributed by atoms with Gasteiger partial charge < -0.3 is 20.6 Å². The molecule has 8 heteroatoms. The maximum Gasteiger partial charge on any atom is 0.469 e. The van der Waals surface area contributed by atoms with Gasteiger partial charge in [0, 0.05) is 0 Å². The Kier molecular flexibility index (Phi) is 17.7. The summed E-state index contributed by atoms with van der Waals surface area (Å²) in [4.78, 5) is 26.5. The lowest BCUT2D eigenvalue weighted by Gasteiger charge is -2.05. The van der Waals surface area contributed by atoms with Crippen molar-refractivity contribution in [3.05, 3.63) is 0 Å². The van der Waals surface area contributed by atoms with E-state index in [9.17, 15) is 9.36 Å². The highest BCUT2D eigenvalue weighted by atomic mass is 31.2. The van der Waals surface area contributed by atoms with Crippen LogP contribution in [0.3, 0.4) is 0 Å². The van der Waals surface area contributed by atoms with Gasteiger partial charge in [-0.25, -0.2) is 4.57 Å². The molecule has 0 bridgehead atoms. The molecular formula is C15H34NO6P. The summed E-state index contributed by atoms with van der Waals surface area (Å²) in [5.41, 5.74) is 4.84. The van der Waals surface area contributed by atoms with Gasteiger partial charge >= 0.3 is 13.8 Å². The summed E-state index contributed by atoms with van der Waals surface area (Å²) in [7, 11) is -4.24. The Hall–Kier alpha value is -0.460. The number of carboxylic acid groups (broad SMARTS) is 1. The molecule has 0 aromatic carbocycles. The Balaban J connectivity index is 0. The topological polar surface area (TPSA) is 130 Å². The maximum absolute atomic E-state index is 10.4. The third kappa shape index (κ3) is 26.7. The van der Waals surface area contributed by atoms with Crippen LogP contribution in [-0.2, 0) is 13.9 Å². The van der Waals surface area contributed by atoms with Gasteiger partial charge in [0.1, 0.15) is 6.04 Å². The highest BCUT2D eigenvalue weighted by Crippen LogP contribution is 2.35. The molecule has 0 radical (unpaired) electrons. The van der Waals surface area contributed by atoms with E-state index in [1.165, 1.54) is 51.9 Å². The number of unbranched alkanes of at least 4 members (excludes halogenated alkanes) is 9. The number of phosphoric acid groups is 1. The minimum atomic E-state index is -4.24. The standard InChI is InChI=1S/C12H27O4P.C3H7NO2/c1-2-3-4-5-6-7-8-9-10-11-12-16-17(13,14)15;1-2(4)3(5)6/h2-12H2,1H3,(H2,13,14,15);2H,4H2,1H3,(H,5,6). The first-order valence-corrected chi connectivity index (χ1v) is 9.92. The molecule has 0 spiro atoms. The van der Waals surface area contributed by atoms with Gasteiger partial charge in [0.25, 0.3) is 0 Å². The highest BCUT2D eigenvalue weighted by molar-refractivity contribution is 7.46. The van der Waals surface area contributed by atoms with E-state index in [1.807, 2.05) is 0 Å². The Labute approximate surface area is 139 Å². The van der Waals surface area contributed by atoms with Gasteiger partial charge in [0.15, 0.2) is 0 Å². The summed E-state index contributed by atoms with van der Waals surface area (Å²) >= 11 is 0. The third-order valence-corrected chi connectivity index (χ3v) is 3.67. The molecule has 0 aromatic heterocycles. The van der Waals surface area contributed by atoms with Gasteiger partial charge in [0.2, 0.25) is 0 Å². The van der Waals surface area contributed by atoms with Gasteiger partial charge in [0.05, 0.1) is 6.61 Å². The van der Waals surface area contributed by atoms with Crippen LogP contribution in [0, 0.1) is 0 Å². The Morgan fingerprint density at radius 1 is 1.00 bits per heavy atom. The fourth-order valence-corrected chi connectivity index (χ4v) is 2.14. The molecule has 0 heterocycles. The first-order chi connectivity index (χ1) is 10.7. The summed E-state index contributed by atoms with van der Waals surface area (Å²) in [5, 5.41) is 7.87. The number of rotatable bonds is 13. The summed E-state index contributed by atoms with van der Waals surface area (Å²) in [5.74, 6) is -0.963. The maximum atomic E-state index is 10.4. The molecule has 140 valence electrons. The highest BCUT2D eigenvalue weighted by Gasteiger charge is 2.12. The van der Waals surface area contributed by atoms with Gasteiger partial charge in [-0.1, -0.05) is 64.7 Å². The molecular weight excluding hydrogens is 321 g/mol. The monoisotopic (exact) mass is 355 g/mol. The largest absolute Gasteiger partial charge is 0.480 e. The second-order valence-electron chi connectivity index (χ2n) is 5.63. The molecule has 7 nitrogen and oxygen atoms in total. The van der Waals surface area contributed by atoms with Crippen LogP contribution < -0.4 is 5.73 Å². The van der Waals surface area contributed by atoms with Crippen molar-refractivity contribution < 1.29 is 28.8 Å². The summed E-state index contributed by atoms with van der Waals surface area (Å²) in [6.07, 6.45) is 12.0. The lowest BCUT2D eigenvalue weighted by molar-refractivity contribution is -0.138. The van der Waals surface area contributed by atoms with Gasteiger partial charge in [-0.15, -0.1) is 0 Å². The number of hydrogen-bond acceptors (Lipinski definition) is 4. The number of hydrogen-bond donors (Lipinski definition) is 4. The van der Waals surface area contributed by atoms with Crippen LogP contribution in [0.2, 0.25) is 0 Å². The lowest BCUT2D eigenvalue weighted by atomic mass is 10.1. The molecule has 0 amide bonds. The normalized spacial score (nSPS) is 12.4. The fourth-order valence-electron chi connectivity index (χ4n) is 1.77. The van der Waals surface area contributed by atoms with E-state index < -0.39 is 19.8 Å². The molecule has 0 aliphatic heterocycles. The SMILES string of the molecule is CC(N)C(=O)O.CCCCCCCCCCCCOP(=O)(O)O. The van der Waals surface area contributed by atoms with Crippen LogP contribution in [0.25, 0.3) is 0 Å². The van der Waals surface area contributed by atoms with Crippen molar-refractivity contribution in [3.63, 3.8) is 0 Å². The van der Waals surface area contributed by atoms with E-state index in [4.69, 9.17) is 20.6 Å². The van der Waals surface area contributed by atoms with Crippen LogP contribution in [0.4, 0.5) is 0 Å². The van der Waals surface area contributed by atoms with Crippen LogP contribution in [-0.4, -0.2) is 33.5 Å². The average molecular weight is 355 g/mol. The molecule has 0 aliphatic carbocycles. The van der Waals surface area contributed by atoms with Crippen LogP contribution in [0.5, 0.6) is 0 Å². The van der Waals surface area contributed by atoms with Crippen LogP contribution >= 0.6 is 7.82 Å². The predicted octanol–water partition coefficient (Wildman–Crippen LogP) is 3.43. The van der Waals surface area contributed by atoms with E-state index in [2.05, 4.69) is 11.4 Å². The summed E-state index contributed by atoms with van der Waals surface area (Å²) in [6, 6.07) is -0.731. The minimum Gasteiger partial charge on any atom is -0.480 e. The Bertz CT molecular complexity index is 319. The van der Waals surface area contributed by atoms with Gasteiger partial charge in [-0.3, -0.25) is 9.32 Å². The number of phosphoric ester groups is 1. The zero-order chi connectivity index (χ0) is 18.1. The molecule has 0 rings (SSSR count). The van der Waals surface area contributed by atoms with Crippen molar-refractivity contribution in [3.8, 4) is 0 Å². The molecule has 0 saturated heterocycles. The average Bonchev–Trinajstić information content (AvgIpc) is 2.44. The molecule has 1 unspecified atom stereocenters. The molecule has 0 fully saturated rings. The number of aliphatic carboxylic acids is 1. The quantitative estimate of drug-likeness (QED) is 0.294. The van der Waals surface area contributed by atoms with E-state index in [-0.39, 0.29) is 6.61 Å². The fraction of sp³-hybridized carbons (Fsp3) is 0.933. The van der Waals surface area contributed by atoms with Crippen molar-refractivity contribution in [2.75, 3.05) is 6.61 Å². The van der Waals surface area contributed by atoms with Crippen LogP contribution in [0.15, 0.2) is 0 Å². The van der Waals surface area contributed by atoms with E-state index in [0.29, 0.717) is 0 Å². The molecule has 1 atom stereocenters. The van der Waals surface area contributed by atoms with Crippen molar-refractivity contribution in [2.45, 2.75) is 84.1 Å². The molecule has 0 saturated carbocycles. The zero-order valence-corrected chi connectivity index (χ0v) is 15.3. The van der Waals surface area contributed by atoms with Crippen LogP contribution in [0.1, 0.15) is 78.1 Å². The Morgan fingerprint density at radius 2 is 1.35 bits per heavy atom. The van der Waals surface area contributed by atoms with Crippen molar-refractivity contribution in [1.82, 2.24) is 0 Å². The zero-order valence-electron chi connectivity index (χ0n) is 14.4. The summed E-state index contributed by atoms with van der Waals surface area (Å²) < 4.78 is 14.7. The first kappa shape index (κ1) is 24.8. The number of nitrogens with two attached hydrogens (primary N) is 1. The van der Waals surface area contributed by atoms with Crippen molar-refractivity contribution in [1.29, 1.82) is 0 Å². The minimum absolute atomic E-state index is 0.167. The first-order valence-electron chi connectivity index (χ1n) is 8.39. The predicted molar refractivity (Wildman–Crippen MR) is 91.1 cm³/mol. The van der Waals surface area contributed by atoms with E-state index >= 15 is 0 Å². The van der Waals surface area contributed by atoms with Crippen molar-refractivity contribution in [2.24, 2.45) is 5.73 Å². The second kappa shape index (κ2) is 16.4. The van der Waals surface area contributed by atoms with Crippen molar-refractivity contribution >= 4 is 13.8 Å². The van der Waals surface area contributed by atoms with Gasteiger partial charge in [-0.05, 0) is 13.3 Å². The second-order valence-corrected chi connectivity index (χ2v) is 6.87. The number of carbonyl (C=O) groups is 1. The van der Waals surface area contributed by atoms with E-state index in [0.717, 1.165) is 19.3 Å². The third-order valence-electron chi connectivity index (χ3n) is 3.15. The van der Waals surface area contributed by atoms with Gasteiger partial charge in [-0.2, -0.15) is 0 Å². The molecule has 23 heavy (non-hydrogen) atoms. The summed E-state index contributed by atoms with van der Waals surface area (Å²) in [6.45, 7) is 3.81.